The van der Waals surface area contributed by atoms with E-state index < -0.39 is 0 Å². The lowest BCUT2D eigenvalue weighted by Crippen LogP contribution is -2.45. The van der Waals surface area contributed by atoms with Crippen LogP contribution in [0.25, 0.3) is 10.2 Å². The number of aliphatic imine (C=N–C) groups is 1. The average Bonchev–Trinajstić information content (AvgIpc) is 3.01. The Morgan fingerprint density at radius 1 is 1.33 bits per heavy atom. The highest BCUT2D eigenvalue weighted by Gasteiger charge is 2.18. The predicted molar refractivity (Wildman–Crippen MR) is 104 cm³/mol. The minimum atomic E-state index is 0.850. The van der Waals surface area contributed by atoms with Crippen molar-refractivity contribution >= 4 is 27.5 Å². The van der Waals surface area contributed by atoms with Crippen LogP contribution in [0.5, 0.6) is 0 Å². The predicted octanol–water partition coefficient (Wildman–Crippen LogP) is 3.93. The highest BCUT2D eigenvalue weighted by atomic mass is 32.1. The minimum absolute atomic E-state index is 0.850. The fourth-order valence-electron chi connectivity index (χ4n) is 3.09. The lowest BCUT2D eigenvalue weighted by molar-refractivity contribution is 0.273. The Bertz CT molecular complexity index is 638. The van der Waals surface area contributed by atoms with E-state index in [0.29, 0.717) is 0 Å². The molecule has 1 aromatic heterocycles. The maximum absolute atomic E-state index is 4.84. The van der Waals surface area contributed by atoms with Crippen LogP contribution in [0.2, 0.25) is 0 Å². The normalized spacial score (nSPS) is 16.8. The summed E-state index contributed by atoms with van der Waals surface area (Å²) in [6, 6.07) is 8.37. The lowest BCUT2D eigenvalue weighted by atomic mass is 10.00. The van der Waals surface area contributed by atoms with Gasteiger partial charge in [-0.2, -0.15) is 0 Å². The topological polar surface area (TPSA) is 40.5 Å². The van der Waals surface area contributed by atoms with Gasteiger partial charge in [0, 0.05) is 32.6 Å². The van der Waals surface area contributed by atoms with Gasteiger partial charge in [0.15, 0.2) is 5.96 Å². The number of benzene rings is 1. The van der Waals surface area contributed by atoms with Gasteiger partial charge in [0.1, 0.15) is 0 Å². The van der Waals surface area contributed by atoms with Gasteiger partial charge in [-0.25, -0.2) is 4.98 Å². The van der Waals surface area contributed by atoms with Crippen molar-refractivity contribution in [1.29, 1.82) is 0 Å². The molecule has 0 saturated carbocycles. The highest BCUT2D eigenvalue weighted by Crippen LogP contribution is 2.22. The van der Waals surface area contributed by atoms with Crippen LogP contribution in [0.15, 0.2) is 29.3 Å². The molecule has 2 heterocycles. The molecule has 1 aliphatic rings. The van der Waals surface area contributed by atoms with Crippen molar-refractivity contribution in [2.45, 2.75) is 39.5 Å². The van der Waals surface area contributed by atoms with Crippen LogP contribution in [-0.2, 0) is 6.42 Å². The Morgan fingerprint density at radius 3 is 2.88 bits per heavy atom. The second-order valence-electron chi connectivity index (χ2n) is 6.58. The number of thiazole rings is 1. The monoisotopic (exact) mass is 344 g/mol. The summed E-state index contributed by atoms with van der Waals surface area (Å²) in [5, 5.41) is 4.68. The number of fused-ring (bicyclic) bond motifs is 1. The Kier molecular flexibility index (Phi) is 6.07. The van der Waals surface area contributed by atoms with Crippen molar-refractivity contribution in [2.24, 2.45) is 10.9 Å². The number of nitrogens with zero attached hydrogens (tertiary/aromatic N) is 3. The molecule has 0 radical (unpaired) electrons. The number of aryl methyl sites for hydroxylation is 1. The molecule has 130 valence electrons. The molecule has 0 spiro atoms. The van der Waals surface area contributed by atoms with Gasteiger partial charge in [0.25, 0.3) is 0 Å². The molecule has 1 aliphatic heterocycles. The van der Waals surface area contributed by atoms with Crippen LogP contribution in [0.4, 0.5) is 0 Å². The molecule has 1 N–H and O–H groups in total. The number of hydrogen-bond donors (Lipinski definition) is 1. The molecule has 1 fully saturated rings. The van der Waals surface area contributed by atoms with Crippen LogP contribution in [0.1, 0.15) is 38.1 Å². The number of nitrogens with one attached hydrogen (secondary N) is 1. The van der Waals surface area contributed by atoms with Gasteiger partial charge >= 0.3 is 0 Å². The Morgan fingerprint density at radius 2 is 2.12 bits per heavy atom. The Labute approximate surface area is 149 Å². The molecule has 1 aromatic carbocycles. The van der Waals surface area contributed by atoms with E-state index in [2.05, 4.69) is 48.3 Å². The number of aromatic nitrogens is 1. The smallest absolute Gasteiger partial charge is 0.193 e. The van der Waals surface area contributed by atoms with Crippen molar-refractivity contribution < 1.29 is 0 Å². The molecule has 0 amide bonds. The number of likely N-dealkylation sites (tertiary alicyclic amines) is 1. The maximum atomic E-state index is 4.84. The Balaban J connectivity index is 1.52. The molecule has 0 unspecified atom stereocenters. The van der Waals surface area contributed by atoms with E-state index in [4.69, 9.17) is 9.98 Å². The SMILES string of the molecule is CCNC(=NCCCc1nc2ccccc2s1)N1CCC(C)CC1. The van der Waals surface area contributed by atoms with Crippen LogP contribution in [-0.4, -0.2) is 42.0 Å². The van der Waals surface area contributed by atoms with Crippen LogP contribution in [0.3, 0.4) is 0 Å². The maximum Gasteiger partial charge on any atom is 0.193 e. The van der Waals surface area contributed by atoms with E-state index in [0.717, 1.165) is 56.4 Å². The summed E-state index contributed by atoms with van der Waals surface area (Å²) in [5.41, 5.74) is 1.12. The average molecular weight is 345 g/mol. The molecule has 5 heteroatoms. The Hall–Kier alpha value is -1.62. The molecule has 24 heavy (non-hydrogen) atoms. The summed E-state index contributed by atoms with van der Waals surface area (Å²) in [6.07, 6.45) is 4.62. The van der Waals surface area contributed by atoms with Crippen molar-refractivity contribution in [2.75, 3.05) is 26.2 Å². The zero-order chi connectivity index (χ0) is 16.8. The molecule has 1 saturated heterocycles. The fraction of sp³-hybridized carbons (Fsp3) is 0.579. The molecule has 0 bridgehead atoms. The first-order valence-electron chi connectivity index (χ1n) is 9.14. The van der Waals surface area contributed by atoms with Crippen LogP contribution < -0.4 is 5.32 Å². The van der Waals surface area contributed by atoms with E-state index in [1.807, 2.05) is 11.3 Å². The molecular formula is C19H28N4S. The summed E-state index contributed by atoms with van der Waals surface area (Å²) in [7, 11) is 0. The minimum Gasteiger partial charge on any atom is -0.357 e. The van der Waals surface area contributed by atoms with E-state index in [9.17, 15) is 0 Å². The number of rotatable bonds is 5. The number of para-hydroxylation sites is 1. The molecule has 4 nitrogen and oxygen atoms in total. The van der Waals surface area contributed by atoms with Crippen molar-refractivity contribution in [3.8, 4) is 0 Å². The summed E-state index contributed by atoms with van der Waals surface area (Å²) < 4.78 is 1.28. The van der Waals surface area contributed by atoms with Gasteiger partial charge in [0.2, 0.25) is 0 Å². The second kappa shape index (κ2) is 8.47. The van der Waals surface area contributed by atoms with Crippen LogP contribution >= 0.6 is 11.3 Å². The largest absolute Gasteiger partial charge is 0.357 e. The van der Waals surface area contributed by atoms with E-state index in [1.54, 1.807) is 0 Å². The molecular weight excluding hydrogens is 316 g/mol. The van der Waals surface area contributed by atoms with E-state index >= 15 is 0 Å². The van der Waals surface area contributed by atoms with Crippen molar-refractivity contribution in [3.05, 3.63) is 29.3 Å². The highest BCUT2D eigenvalue weighted by molar-refractivity contribution is 7.18. The molecule has 0 aliphatic carbocycles. The first-order valence-corrected chi connectivity index (χ1v) is 9.95. The van der Waals surface area contributed by atoms with Crippen molar-refractivity contribution in [3.63, 3.8) is 0 Å². The first-order chi connectivity index (χ1) is 11.8. The van der Waals surface area contributed by atoms with Gasteiger partial charge in [-0.3, -0.25) is 4.99 Å². The second-order valence-corrected chi connectivity index (χ2v) is 7.70. The summed E-state index contributed by atoms with van der Waals surface area (Å²) in [4.78, 5) is 12.0. The number of piperidine rings is 1. The van der Waals surface area contributed by atoms with Gasteiger partial charge in [0.05, 0.1) is 15.2 Å². The van der Waals surface area contributed by atoms with E-state index in [-0.39, 0.29) is 0 Å². The van der Waals surface area contributed by atoms with Crippen LogP contribution in [0, 0.1) is 5.92 Å². The summed E-state index contributed by atoms with van der Waals surface area (Å²) >= 11 is 1.81. The first kappa shape index (κ1) is 17.2. The number of hydrogen-bond acceptors (Lipinski definition) is 3. The lowest BCUT2D eigenvalue weighted by Gasteiger charge is -2.33. The van der Waals surface area contributed by atoms with E-state index in [1.165, 1.54) is 22.5 Å². The molecule has 2 aromatic rings. The zero-order valence-electron chi connectivity index (χ0n) is 14.8. The quantitative estimate of drug-likeness (QED) is 0.508. The molecule has 0 atom stereocenters. The van der Waals surface area contributed by atoms with Gasteiger partial charge in [-0.05, 0) is 44.2 Å². The van der Waals surface area contributed by atoms with Gasteiger partial charge < -0.3 is 10.2 Å². The zero-order valence-corrected chi connectivity index (χ0v) is 15.6. The third-order valence-electron chi connectivity index (χ3n) is 4.57. The van der Waals surface area contributed by atoms with Gasteiger partial charge in [-0.1, -0.05) is 19.1 Å². The third kappa shape index (κ3) is 4.47. The molecule has 3 rings (SSSR count). The fourth-order valence-corrected chi connectivity index (χ4v) is 4.10. The summed E-state index contributed by atoms with van der Waals surface area (Å²) in [5.74, 6) is 1.94. The standard InChI is InChI=1S/C19H28N4S/c1-3-20-19(23-13-10-15(2)11-14-23)21-12-6-9-18-22-16-7-4-5-8-17(16)24-18/h4-5,7-8,15H,3,6,9-14H2,1-2H3,(H,20,21). The third-order valence-corrected chi connectivity index (χ3v) is 5.66. The summed E-state index contributed by atoms with van der Waals surface area (Å²) in [6.45, 7) is 8.55. The van der Waals surface area contributed by atoms with Gasteiger partial charge in [-0.15, -0.1) is 11.3 Å². The number of guanidine groups is 1. The van der Waals surface area contributed by atoms with Crippen molar-refractivity contribution in [1.82, 2.24) is 15.2 Å².